The van der Waals surface area contributed by atoms with Crippen molar-refractivity contribution in [2.75, 3.05) is 47.4 Å². The summed E-state index contributed by atoms with van der Waals surface area (Å²) in [5, 5.41) is 31.9. The maximum atomic E-state index is 10.7. The van der Waals surface area contributed by atoms with E-state index >= 15 is 0 Å². The molecular weight excluding hydrogens is 1420 g/mol. The highest BCUT2D eigenvalue weighted by Crippen LogP contribution is 2.51. The van der Waals surface area contributed by atoms with E-state index in [1.54, 1.807) is 48.5 Å². The summed E-state index contributed by atoms with van der Waals surface area (Å²) >= 11 is 12.5. The van der Waals surface area contributed by atoms with Gasteiger partial charge in [-0.05, 0) is 209 Å². The van der Waals surface area contributed by atoms with Gasteiger partial charge in [-0.2, -0.15) is 5.26 Å². The topological polar surface area (TPSA) is 122 Å². The number of hydrogen-bond acceptors (Lipinski definition) is 8. The Morgan fingerprint density at radius 1 is 0.580 bits per heavy atom. The Kier molecular flexibility index (Phi) is 28.2. The van der Waals surface area contributed by atoms with Crippen LogP contribution in [0.25, 0.3) is 36.8 Å². The number of rotatable bonds is 28. The van der Waals surface area contributed by atoms with Gasteiger partial charge in [-0.3, -0.25) is 0 Å². The fourth-order valence-corrected chi connectivity index (χ4v) is 15.7. The molecule has 0 radical (unpaired) electrons. The molecule has 0 saturated carbocycles. The highest BCUT2D eigenvalue weighted by molar-refractivity contribution is 6.34. The van der Waals surface area contributed by atoms with Crippen LogP contribution in [0.15, 0.2) is 215 Å². The van der Waals surface area contributed by atoms with Crippen LogP contribution in [0, 0.1) is 78.9 Å². The smallest absolute Gasteiger partial charge is 0.272 e. The van der Waals surface area contributed by atoms with E-state index in [1.165, 1.54) is 17.0 Å². The summed E-state index contributed by atoms with van der Waals surface area (Å²) in [7, 11) is 0. The van der Waals surface area contributed by atoms with Crippen LogP contribution in [0.4, 0.5) is 28.4 Å². The number of aliphatic imine (C=N–C) groups is 2. The number of anilines is 3. The van der Waals surface area contributed by atoms with Crippen LogP contribution >= 0.6 is 23.2 Å². The second-order valence-corrected chi connectivity index (χ2v) is 31.9. The van der Waals surface area contributed by atoms with Gasteiger partial charge in [0, 0.05) is 107 Å². The molecule has 3 unspecified atom stereocenters. The number of fused-ring (bicyclic) bond motifs is 2. The van der Waals surface area contributed by atoms with Crippen LogP contribution in [-0.2, 0) is 13.1 Å². The van der Waals surface area contributed by atoms with Crippen molar-refractivity contribution < 1.29 is 4.58 Å². The van der Waals surface area contributed by atoms with E-state index in [0.717, 1.165) is 157 Å². The lowest BCUT2D eigenvalue weighted by Gasteiger charge is -2.52. The summed E-state index contributed by atoms with van der Waals surface area (Å²) < 4.78 is 2.54. The first-order chi connectivity index (χ1) is 54.0. The Morgan fingerprint density at radius 2 is 1.07 bits per heavy atom. The molecule has 2 heterocycles. The van der Waals surface area contributed by atoms with Crippen LogP contribution in [-0.4, -0.2) is 60.1 Å². The molecule has 0 saturated heterocycles. The molecule has 0 aromatic heterocycles. The third-order valence-corrected chi connectivity index (χ3v) is 23.4. The van der Waals surface area contributed by atoms with Gasteiger partial charge in [-0.25, -0.2) is 29.8 Å². The van der Waals surface area contributed by atoms with Crippen LogP contribution in [0.2, 0.25) is 10.0 Å². The molecule has 0 fully saturated rings. The van der Waals surface area contributed by atoms with Crippen LogP contribution in [0.5, 0.6) is 0 Å². The number of hydrogen-bond donors (Lipinski definition) is 0. The van der Waals surface area contributed by atoms with Gasteiger partial charge in [0.05, 0.1) is 31.0 Å². The van der Waals surface area contributed by atoms with Crippen LogP contribution in [0.3, 0.4) is 0 Å². The molecule has 568 valence electrons. The third-order valence-electron chi connectivity index (χ3n) is 22.9. The molecule has 112 heavy (non-hydrogen) atoms. The normalized spacial score (nSPS) is 16.9. The molecule has 10 rings (SSSR count). The highest BCUT2D eigenvalue weighted by Gasteiger charge is 2.43. The van der Waals surface area contributed by atoms with Gasteiger partial charge < -0.3 is 19.5 Å². The fourth-order valence-electron chi connectivity index (χ4n) is 15.4. The van der Waals surface area contributed by atoms with Crippen molar-refractivity contribution in [1.29, 1.82) is 15.8 Å². The molecule has 2 aliphatic heterocycles. The molecule has 12 nitrogen and oxygen atoms in total. The lowest BCUT2D eigenvalue weighted by Crippen LogP contribution is -2.53. The number of unbranched alkanes of at least 4 members (excludes halogenated alkanes) is 4. The van der Waals surface area contributed by atoms with Gasteiger partial charge in [-0.15, -0.1) is 4.99 Å². The van der Waals surface area contributed by atoms with E-state index in [-0.39, 0.29) is 62.8 Å². The molecule has 3 atom stereocenters. The van der Waals surface area contributed by atoms with Crippen molar-refractivity contribution in [2.24, 2.45) is 21.3 Å². The predicted octanol–water partition coefficient (Wildman–Crippen LogP) is 25.6. The zero-order valence-corrected chi connectivity index (χ0v) is 68.9. The zero-order valence-electron chi connectivity index (χ0n) is 67.4. The standard InChI is InChI=1S/C98H103Cl2N12/c1-17-21-52-109(53-22-18-2)81-48-40-75(41-49-81)83(73-32-28-71(29-33-73)63-111-65-97(10,11)70(9)86-59-88(66(5)56-92(86)111)108-96(106-16)95(90(61-102)105-15)78-38-46-80(100)47-39-78)26-25-27-84(76-42-50-82(51-43-76)110(54-23-19-3)55-24-20-4)74-34-30-72(31-35-74)64-112-93-57-67(6)87(58-85(93)68(7)69(8)98(112,12)13)107-91(62-103)94(89(60-101)104-14)77-36-44-79(99)45-37-77/h25-51,56-59,68-70H,17-24,52-55,63-65H2,1-13H3/q+1. The van der Waals surface area contributed by atoms with E-state index < -0.39 is 0 Å². The van der Waals surface area contributed by atoms with E-state index in [0.29, 0.717) is 45.6 Å². The number of aryl methyl sites for hydroxylation is 2. The SMILES string of the molecule is [C-]#[N+]C(=Nc1cc2c(cc1C)N(Cc1ccc(C(=CC=CC(=C3C=CC(=[N+](CCCC)CCCC)C=C3)c3ccc(CN4c5cc(C)c(N=C(C#N)C(=C(C#N)[N+]#[C-])c6ccc(Cl)cc6)cc5C(C)C(C)C4(C)C)cc3)c3ccc(N(CCCC)CCCC)cc3)cc1)CC(C)(C)C2C)C(=C(C#N)[N+]#[C-])c1ccc(Cl)cc1. The maximum absolute atomic E-state index is 10.7. The van der Waals surface area contributed by atoms with E-state index in [4.69, 9.17) is 52.9 Å². The van der Waals surface area contributed by atoms with Crippen molar-refractivity contribution in [2.45, 2.75) is 172 Å². The van der Waals surface area contributed by atoms with Gasteiger partial charge in [-0.1, -0.05) is 221 Å². The van der Waals surface area contributed by atoms with Crippen molar-refractivity contribution >= 4 is 91.2 Å². The van der Waals surface area contributed by atoms with Crippen molar-refractivity contribution in [1.82, 2.24) is 0 Å². The largest absolute Gasteiger partial charge is 0.372 e. The molecule has 0 amide bonds. The van der Waals surface area contributed by atoms with E-state index in [9.17, 15) is 15.8 Å². The summed E-state index contributed by atoms with van der Waals surface area (Å²) in [4.78, 5) is 28.3. The zero-order chi connectivity index (χ0) is 80.4. The van der Waals surface area contributed by atoms with Crippen molar-refractivity contribution in [3.63, 3.8) is 0 Å². The first-order valence-corrected chi connectivity index (χ1v) is 40.2. The summed E-state index contributed by atoms with van der Waals surface area (Å²) in [5.41, 5.74) is 19.4. The second-order valence-electron chi connectivity index (χ2n) is 31.0. The number of allylic oxidation sites excluding steroid dienone is 12. The lowest BCUT2D eigenvalue weighted by atomic mass is 9.71. The highest BCUT2D eigenvalue weighted by atomic mass is 35.5. The Hall–Kier alpha value is -11.4. The van der Waals surface area contributed by atoms with Crippen LogP contribution < -0.4 is 14.7 Å². The van der Waals surface area contributed by atoms with Crippen LogP contribution in [0.1, 0.15) is 201 Å². The molecule has 0 N–H and O–H groups in total. The number of amidine groups is 1. The van der Waals surface area contributed by atoms with Gasteiger partial charge in [0.15, 0.2) is 11.4 Å². The summed E-state index contributed by atoms with van der Waals surface area (Å²) in [6.45, 7) is 59.4. The number of nitriles is 3. The molecule has 0 spiro atoms. The van der Waals surface area contributed by atoms with Gasteiger partial charge >= 0.3 is 0 Å². The van der Waals surface area contributed by atoms with Gasteiger partial charge in [0.25, 0.3) is 17.2 Å². The minimum absolute atomic E-state index is 0.0161. The Morgan fingerprint density at radius 3 is 1.60 bits per heavy atom. The third kappa shape index (κ3) is 19.1. The first-order valence-electron chi connectivity index (χ1n) is 39.5. The van der Waals surface area contributed by atoms with E-state index in [1.807, 2.05) is 26.0 Å². The van der Waals surface area contributed by atoms with Gasteiger partial charge in [0.2, 0.25) is 0 Å². The number of benzene rings is 7. The Bertz CT molecular complexity index is 5160. The minimum atomic E-state index is -0.264. The second kappa shape index (κ2) is 38.0. The molecular formula is C98H103Cl2N12+. The molecule has 7 aromatic carbocycles. The van der Waals surface area contributed by atoms with Gasteiger partial charge in [0.1, 0.15) is 24.9 Å². The average molecular weight is 1520 g/mol. The monoisotopic (exact) mass is 1520 g/mol. The molecule has 14 heteroatoms. The molecule has 3 aliphatic rings. The molecule has 0 bridgehead atoms. The predicted molar refractivity (Wildman–Crippen MR) is 469 cm³/mol. The first kappa shape index (κ1) is 83.1. The molecule has 7 aromatic rings. The van der Waals surface area contributed by atoms with Crippen molar-refractivity contribution in [3.05, 3.63) is 311 Å². The average Bonchev–Trinajstić information content (AvgIpc) is 0.742. The Balaban J connectivity index is 1.03. The maximum Gasteiger partial charge on any atom is 0.272 e. The summed E-state index contributed by atoms with van der Waals surface area (Å²) in [5.74, 6) is 0.458. The van der Waals surface area contributed by atoms with Crippen molar-refractivity contribution in [3.8, 4) is 18.2 Å². The summed E-state index contributed by atoms with van der Waals surface area (Å²) in [6, 6.07) is 55.7. The molecule has 1 aliphatic carbocycles. The Labute approximate surface area is 676 Å². The fraction of sp³-hybridized carbons (Fsp3) is 0.337. The quantitative estimate of drug-likeness (QED) is 0.0120. The number of nitrogens with zero attached hydrogens (tertiary/aromatic N) is 12. The van der Waals surface area contributed by atoms with E-state index in [2.05, 4.69) is 256 Å². The lowest BCUT2D eigenvalue weighted by molar-refractivity contribution is -0.527. The minimum Gasteiger partial charge on any atom is -0.372 e. The number of halogens is 2. The summed E-state index contributed by atoms with van der Waals surface area (Å²) in [6.07, 6.45) is 25.0.